The van der Waals surface area contributed by atoms with E-state index in [0.29, 0.717) is 57.2 Å². The normalized spacial score (nSPS) is 18.6. The highest BCUT2D eigenvalue weighted by Crippen LogP contribution is 2.36. The molecule has 0 amide bonds. The molecule has 42 heavy (non-hydrogen) atoms. The fourth-order valence-corrected chi connectivity index (χ4v) is 6.23. The first-order valence-corrected chi connectivity index (χ1v) is 13.7. The van der Waals surface area contributed by atoms with Crippen LogP contribution in [0.15, 0.2) is 42.9 Å². The molecular formula is C28H30ClF4N5O3S. The maximum Gasteiger partial charge on any atom is 0.393 e. The van der Waals surface area contributed by atoms with Crippen LogP contribution in [0, 0.1) is 5.82 Å². The molecule has 5 rings (SSSR count). The van der Waals surface area contributed by atoms with Crippen molar-refractivity contribution in [2.24, 2.45) is 0 Å². The zero-order valence-corrected chi connectivity index (χ0v) is 24.6. The summed E-state index contributed by atoms with van der Waals surface area (Å²) in [6.07, 6.45) is -2.17. The van der Waals surface area contributed by atoms with E-state index in [2.05, 4.69) is 20.3 Å². The second-order valence-corrected chi connectivity index (χ2v) is 11.1. The minimum atomic E-state index is -4.32. The third kappa shape index (κ3) is 6.86. The van der Waals surface area contributed by atoms with E-state index in [1.807, 2.05) is 0 Å². The maximum absolute atomic E-state index is 15.0. The number of likely N-dealkylation sites (N-methyl/N-ethyl adjacent to an activating group) is 1. The summed E-state index contributed by atoms with van der Waals surface area (Å²) in [5.74, 6) is 0.868. The number of methoxy groups -OCH3 is 2. The smallest absolute Gasteiger partial charge is 0.393 e. The van der Waals surface area contributed by atoms with E-state index in [1.54, 1.807) is 36.3 Å². The number of hydrogen-bond acceptors (Lipinski definition) is 9. The summed E-state index contributed by atoms with van der Waals surface area (Å²) in [4.78, 5) is 15.1. The van der Waals surface area contributed by atoms with Gasteiger partial charge in [-0.3, -0.25) is 0 Å². The van der Waals surface area contributed by atoms with Gasteiger partial charge in [0.05, 0.1) is 38.2 Å². The van der Waals surface area contributed by atoms with Gasteiger partial charge in [0.2, 0.25) is 0 Å². The zero-order chi connectivity index (χ0) is 29.3. The molecule has 226 valence electrons. The Bertz CT molecular complexity index is 1540. The van der Waals surface area contributed by atoms with Crippen molar-refractivity contribution >= 4 is 39.8 Å². The Morgan fingerprint density at radius 3 is 2.55 bits per heavy atom. The number of benzene rings is 1. The number of anilines is 1. The van der Waals surface area contributed by atoms with E-state index in [-0.39, 0.29) is 41.7 Å². The number of thiophene rings is 1. The quantitative estimate of drug-likeness (QED) is 0.233. The molecule has 3 heterocycles. The van der Waals surface area contributed by atoms with Crippen molar-refractivity contribution in [2.45, 2.75) is 50.2 Å². The van der Waals surface area contributed by atoms with Gasteiger partial charge in [0.25, 0.3) is 5.88 Å². The molecule has 1 saturated carbocycles. The predicted molar refractivity (Wildman–Crippen MR) is 155 cm³/mol. The zero-order valence-electron chi connectivity index (χ0n) is 23.0. The molecule has 1 aliphatic carbocycles. The van der Waals surface area contributed by atoms with Crippen LogP contribution in [0.1, 0.15) is 23.3 Å². The molecule has 0 unspecified atom stereocenters. The number of pyridine rings is 1. The number of ether oxygens (including phenoxy) is 2. The van der Waals surface area contributed by atoms with Crippen molar-refractivity contribution in [3.63, 3.8) is 0 Å². The number of hydrogen-bond donors (Lipinski definition) is 2. The molecule has 0 aliphatic heterocycles. The lowest BCUT2D eigenvalue weighted by Gasteiger charge is -2.28. The second kappa shape index (κ2) is 12.9. The average Bonchev–Trinajstić information content (AvgIpc) is 3.52. The topological polar surface area (TPSA) is 92.6 Å². The lowest BCUT2D eigenvalue weighted by molar-refractivity contribution is -0.126. The Morgan fingerprint density at radius 1 is 1.07 bits per heavy atom. The third-order valence-corrected chi connectivity index (χ3v) is 8.30. The first kappa shape index (κ1) is 31.7. The maximum atomic E-state index is 15.0. The number of rotatable bonds is 9. The van der Waals surface area contributed by atoms with Crippen LogP contribution in [-0.2, 0) is 13.0 Å². The van der Waals surface area contributed by atoms with Gasteiger partial charge in [0.1, 0.15) is 22.8 Å². The lowest BCUT2D eigenvalue weighted by atomic mass is 10.0. The number of fused-ring (bicyclic) bond motifs is 1. The molecule has 1 aromatic carbocycles. The SMILES string of the molecule is COc1cc(-c2ccc(CN[C@H]3C[C@@H](O)[C@@H](N(C)c4ncnc5sc(CC(F)(F)F)cc45)C3)c(F)c2)cnc1OC.Cl. The summed E-state index contributed by atoms with van der Waals surface area (Å²) in [7, 11) is 4.76. The summed E-state index contributed by atoms with van der Waals surface area (Å²) < 4.78 is 64.3. The van der Waals surface area contributed by atoms with E-state index >= 15 is 4.39 Å². The fourth-order valence-electron chi connectivity index (χ4n) is 5.21. The van der Waals surface area contributed by atoms with Crippen molar-refractivity contribution in [1.82, 2.24) is 20.3 Å². The number of nitrogens with one attached hydrogen (secondary N) is 1. The van der Waals surface area contributed by atoms with Gasteiger partial charge in [-0.2, -0.15) is 13.2 Å². The number of alkyl halides is 3. The fraction of sp³-hybridized carbons (Fsp3) is 0.393. The van der Waals surface area contributed by atoms with Crippen LogP contribution in [0.25, 0.3) is 21.3 Å². The van der Waals surface area contributed by atoms with E-state index in [1.165, 1.54) is 32.7 Å². The molecule has 4 aromatic rings. The molecule has 0 spiro atoms. The van der Waals surface area contributed by atoms with Gasteiger partial charge in [-0.1, -0.05) is 12.1 Å². The molecule has 3 atom stereocenters. The van der Waals surface area contributed by atoms with E-state index in [4.69, 9.17) is 9.47 Å². The van der Waals surface area contributed by atoms with Crippen LogP contribution >= 0.6 is 23.7 Å². The Hall–Kier alpha value is -3.26. The standard InChI is InChI=1S/C28H29F4N5O3S.ClH/c1-37(25-20-10-19(11-28(30,31)32)41-27(20)36-14-35-25)22-8-18(9-23(22)38)33-12-16-5-4-15(6-21(16)29)17-7-24(39-2)26(40-3)34-13-17;/h4-7,10,13-14,18,22-23,33,38H,8-9,11-12H2,1-3H3;1H/t18-,22+,23-;/m1./s1. The summed E-state index contributed by atoms with van der Waals surface area (Å²) in [5.41, 5.74) is 1.79. The van der Waals surface area contributed by atoms with Gasteiger partial charge in [-0.25, -0.2) is 19.3 Å². The molecule has 0 bridgehead atoms. The van der Waals surface area contributed by atoms with Gasteiger partial charge in [-0.05, 0) is 36.6 Å². The average molecular weight is 628 g/mol. The van der Waals surface area contributed by atoms with Crippen molar-refractivity contribution in [2.75, 3.05) is 26.2 Å². The van der Waals surface area contributed by atoms with E-state index in [0.717, 1.165) is 11.3 Å². The summed E-state index contributed by atoms with van der Waals surface area (Å²) >= 11 is 0.986. The van der Waals surface area contributed by atoms with Crippen LogP contribution in [-0.4, -0.2) is 65.7 Å². The lowest BCUT2D eigenvalue weighted by Crippen LogP contribution is -2.38. The molecule has 3 aromatic heterocycles. The number of aliphatic hydroxyl groups is 1. The molecule has 2 N–H and O–H groups in total. The molecule has 0 saturated heterocycles. The largest absolute Gasteiger partial charge is 0.491 e. The minimum absolute atomic E-state index is 0. The Kier molecular flexibility index (Phi) is 9.76. The molecule has 14 heteroatoms. The second-order valence-electron chi connectivity index (χ2n) is 9.96. The van der Waals surface area contributed by atoms with Crippen molar-refractivity contribution in [3.8, 4) is 22.8 Å². The van der Waals surface area contributed by atoms with Crippen LogP contribution in [0.5, 0.6) is 11.6 Å². The Morgan fingerprint density at radius 2 is 1.86 bits per heavy atom. The summed E-state index contributed by atoms with van der Waals surface area (Å²) in [6.45, 7) is 0.257. The van der Waals surface area contributed by atoms with Gasteiger partial charge in [0, 0.05) is 41.8 Å². The van der Waals surface area contributed by atoms with Gasteiger partial charge < -0.3 is 24.8 Å². The predicted octanol–water partition coefficient (Wildman–Crippen LogP) is 5.55. The minimum Gasteiger partial charge on any atom is -0.491 e. The number of halogens is 5. The molecular weight excluding hydrogens is 598 g/mol. The highest BCUT2D eigenvalue weighted by atomic mass is 35.5. The van der Waals surface area contributed by atoms with E-state index in [9.17, 15) is 18.3 Å². The first-order valence-electron chi connectivity index (χ1n) is 12.9. The van der Waals surface area contributed by atoms with Gasteiger partial charge in [-0.15, -0.1) is 23.7 Å². The summed E-state index contributed by atoms with van der Waals surface area (Å²) in [5, 5.41) is 14.7. The highest BCUT2D eigenvalue weighted by molar-refractivity contribution is 7.18. The summed E-state index contributed by atoms with van der Waals surface area (Å²) in [6, 6.07) is 7.71. The van der Waals surface area contributed by atoms with Crippen molar-refractivity contribution in [3.05, 3.63) is 59.1 Å². The van der Waals surface area contributed by atoms with Crippen LogP contribution in [0.3, 0.4) is 0 Å². The third-order valence-electron chi connectivity index (χ3n) is 7.26. The van der Waals surface area contributed by atoms with Crippen molar-refractivity contribution < 1.29 is 32.1 Å². The Labute approximate surface area is 250 Å². The number of aromatic nitrogens is 3. The van der Waals surface area contributed by atoms with Crippen LogP contribution < -0.4 is 19.7 Å². The first-order chi connectivity index (χ1) is 19.6. The van der Waals surface area contributed by atoms with E-state index < -0.39 is 18.7 Å². The number of aliphatic hydroxyl groups excluding tert-OH is 1. The molecule has 1 fully saturated rings. The van der Waals surface area contributed by atoms with Gasteiger partial charge in [0.15, 0.2) is 5.75 Å². The number of nitrogens with zero attached hydrogens (tertiary/aromatic N) is 4. The van der Waals surface area contributed by atoms with Gasteiger partial charge >= 0.3 is 6.18 Å². The Balaban J connectivity index is 0.00000405. The molecule has 1 aliphatic rings. The molecule has 0 radical (unpaired) electrons. The van der Waals surface area contributed by atoms with Crippen LogP contribution in [0.4, 0.5) is 23.4 Å². The molecule has 8 nitrogen and oxygen atoms in total. The highest BCUT2D eigenvalue weighted by Gasteiger charge is 2.37. The monoisotopic (exact) mass is 627 g/mol. The van der Waals surface area contributed by atoms with Crippen LogP contribution in [0.2, 0.25) is 0 Å². The van der Waals surface area contributed by atoms with Crippen molar-refractivity contribution in [1.29, 1.82) is 0 Å².